The molecule has 1 saturated carbocycles. The zero-order valence-corrected chi connectivity index (χ0v) is 7.66. The molecule has 4 nitrogen and oxygen atoms in total. The quantitative estimate of drug-likeness (QED) is 0.604. The van der Waals surface area contributed by atoms with Crippen molar-refractivity contribution >= 4 is 11.9 Å². The van der Waals surface area contributed by atoms with Crippen molar-refractivity contribution in [3.8, 4) is 0 Å². The highest BCUT2D eigenvalue weighted by Crippen LogP contribution is 2.34. The van der Waals surface area contributed by atoms with Gasteiger partial charge in [-0.3, -0.25) is 4.79 Å². The minimum absolute atomic E-state index is 0.0920. The van der Waals surface area contributed by atoms with Crippen LogP contribution in [-0.2, 0) is 9.53 Å². The van der Waals surface area contributed by atoms with Crippen LogP contribution in [0.1, 0.15) is 19.8 Å². The van der Waals surface area contributed by atoms with Crippen molar-refractivity contribution in [2.24, 2.45) is 5.92 Å². The van der Waals surface area contributed by atoms with E-state index in [-0.39, 0.29) is 18.1 Å². The van der Waals surface area contributed by atoms with E-state index in [1.54, 1.807) is 11.8 Å². The summed E-state index contributed by atoms with van der Waals surface area (Å²) < 4.78 is 4.89. The van der Waals surface area contributed by atoms with Crippen molar-refractivity contribution in [2.75, 3.05) is 13.2 Å². The Balaban J connectivity index is 1.98. The number of fused-ring (bicyclic) bond motifs is 2. The Labute approximate surface area is 76.8 Å². The van der Waals surface area contributed by atoms with E-state index in [0.717, 1.165) is 6.42 Å². The van der Waals surface area contributed by atoms with Gasteiger partial charge in [-0.25, -0.2) is 4.79 Å². The van der Waals surface area contributed by atoms with Crippen LogP contribution in [0.5, 0.6) is 0 Å². The van der Waals surface area contributed by atoms with Gasteiger partial charge >= 0.3 is 6.09 Å². The van der Waals surface area contributed by atoms with E-state index in [0.29, 0.717) is 25.4 Å². The van der Waals surface area contributed by atoms with Gasteiger partial charge in [-0.2, -0.15) is 0 Å². The molecule has 0 radical (unpaired) electrons. The van der Waals surface area contributed by atoms with E-state index in [1.807, 2.05) is 0 Å². The standard InChI is InChI=1S/C9H13NO3/c1-2-13-9(12)10-5-6-3-7(10)4-8(6)11/h6-7H,2-5H2,1H3. The summed E-state index contributed by atoms with van der Waals surface area (Å²) in [6, 6.07) is 0.122. The molecular formula is C9H13NO3. The Hall–Kier alpha value is -1.06. The molecule has 4 heteroatoms. The molecule has 2 rings (SSSR count). The fourth-order valence-corrected chi connectivity index (χ4v) is 2.17. The van der Waals surface area contributed by atoms with Crippen LogP contribution < -0.4 is 0 Å². The van der Waals surface area contributed by atoms with E-state index in [9.17, 15) is 9.59 Å². The van der Waals surface area contributed by atoms with E-state index in [4.69, 9.17) is 4.74 Å². The summed E-state index contributed by atoms with van der Waals surface area (Å²) >= 11 is 0. The van der Waals surface area contributed by atoms with Crippen molar-refractivity contribution in [3.63, 3.8) is 0 Å². The molecule has 0 spiro atoms. The molecule has 1 saturated heterocycles. The Morgan fingerprint density at radius 2 is 2.46 bits per heavy atom. The molecule has 1 amide bonds. The Morgan fingerprint density at radius 3 is 2.92 bits per heavy atom. The summed E-state index contributed by atoms with van der Waals surface area (Å²) in [4.78, 5) is 24.2. The third kappa shape index (κ3) is 1.30. The van der Waals surface area contributed by atoms with Crippen molar-refractivity contribution in [3.05, 3.63) is 0 Å². The second kappa shape index (κ2) is 3.01. The van der Waals surface area contributed by atoms with Gasteiger partial charge < -0.3 is 9.64 Å². The molecule has 1 heterocycles. The lowest BCUT2D eigenvalue weighted by Gasteiger charge is -2.25. The molecule has 0 aromatic carbocycles. The van der Waals surface area contributed by atoms with E-state index >= 15 is 0 Å². The second-order valence-corrected chi connectivity index (χ2v) is 3.61. The number of likely N-dealkylation sites (tertiary alicyclic amines) is 1. The first-order valence-electron chi connectivity index (χ1n) is 4.68. The minimum atomic E-state index is -0.262. The molecule has 2 bridgehead atoms. The normalized spacial score (nSPS) is 31.2. The Kier molecular flexibility index (Phi) is 1.98. The molecule has 2 aliphatic rings. The van der Waals surface area contributed by atoms with Crippen LogP contribution in [0.25, 0.3) is 0 Å². The smallest absolute Gasteiger partial charge is 0.410 e. The SMILES string of the molecule is CCOC(=O)N1CC2CC1CC2=O. The predicted octanol–water partition coefficient (Wildman–Crippen LogP) is 0.806. The minimum Gasteiger partial charge on any atom is -0.450 e. The summed E-state index contributed by atoms with van der Waals surface area (Å²) in [7, 11) is 0. The molecule has 72 valence electrons. The molecule has 13 heavy (non-hydrogen) atoms. The van der Waals surface area contributed by atoms with Gasteiger partial charge in [0, 0.05) is 24.9 Å². The number of carbonyl (C=O) groups is 2. The second-order valence-electron chi connectivity index (χ2n) is 3.61. The van der Waals surface area contributed by atoms with Crippen LogP contribution >= 0.6 is 0 Å². The maximum Gasteiger partial charge on any atom is 0.410 e. The number of hydrogen-bond acceptors (Lipinski definition) is 3. The molecular weight excluding hydrogens is 170 g/mol. The summed E-state index contributed by atoms with van der Waals surface area (Å²) in [6.07, 6.45) is 1.11. The lowest BCUT2D eigenvalue weighted by molar-refractivity contribution is -0.122. The van der Waals surface area contributed by atoms with Crippen LogP contribution in [0.15, 0.2) is 0 Å². The van der Waals surface area contributed by atoms with Crippen molar-refractivity contribution in [1.82, 2.24) is 4.90 Å². The maximum absolute atomic E-state index is 11.3. The van der Waals surface area contributed by atoms with Crippen molar-refractivity contribution in [2.45, 2.75) is 25.8 Å². The van der Waals surface area contributed by atoms with Gasteiger partial charge in [0.15, 0.2) is 0 Å². The molecule has 0 aromatic rings. The Bertz CT molecular complexity index is 251. The number of Topliss-reactive ketones (excluding diaryl/α,β-unsaturated/α-hetero) is 1. The zero-order chi connectivity index (χ0) is 9.42. The van der Waals surface area contributed by atoms with Gasteiger partial charge in [0.1, 0.15) is 5.78 Å². The maximum atomic E-state index is 11.3. The van der Waals surface area contributed by atoms with E-state index < -0.39 is 0 Å². The van der Waals surface area contributed by atoms with E-state index in [2.05, 4.69) is 0 Å². The summed E-state index contributed by atoms with van der Waals surface area (Å²) in [5.41, 5.74) is 0. The molecule has 0 aromatic heterocycles. The van der Waals surface area contributed by atoms with Gasteiger partial charge in [0.05, 0.1) is 6.61 Å². The molecule has 0 N–H and O–H groups in total. The first-order valence-corrected chi connectivity index (χ1v) is 4.68. The zero-order valence-electron chi connectivity index (χ0n) is 7.66. The van der Waals surface area contributed by atoms with Crippen LogP contribution in [0.4, 0.5) is 4.79 Å². The van der Waals surface area contributed by atoms with Gasteiger partial charge in [0.2, 0.25) is 0 Å². The lowest BCUT2D eigenvalue weighted by atomic mass is 10.1. The molecule has 2 unspecified atom stereocenters. The number of carbonyl (C=O) groups excluding carboxylic acids is 2. The number of nitrogens with zero attached hydrogens (tertiary/aromatic N) is 1. The number of amides is 1. The molecule has 1 aliphatic heterocycles. The fourth-order valence-electron chi connectivity index (χ4n) is 2.17. The van der Waals surface area contributed by atoms with Crippen molar-refractivity contribution in [1.29, 1.82) is 0 Å². The van der Waals surface area contributed by atoms with Crippen molar-refractivity contribution < 1.29 is 14.3 Å². The first-order chi connectivity index (χ1) is 6.22. The van der Waals surface area contributed by atoms with Crippen LogP contribution in [0, 0.1) is 5.92 Å². The number of piperidine rings is 1. The topological polar surface area (TPSA) is 46.6 Å². The fraction of sp³-hybridized carbons (Fsp3) is 0.778. The predicted molar refractivity (Wildman–Crippen MR) is 45.2 cm³/mol. The van der Waals surface area contributed by atoms with E-state index in [1.165, 1.54) is 0 Å². The lowest BCUT2D eigenvalue weighted by Crippen LogP contribution is -2.40. The Morgan fingerprint density at radius 1 is 1.69 bits per heavy atom. The van der Waals surface area contributed by atoms with Gasteiger partial charge in [-0.1, -0.05) is 0 Å². The summed E-state index contributed by atoms with van der Waals surface area (Å²) in [5, 5.41) is 0. The van der Waals surface area contributed by atoms with Gasteiger partial charge in [-0.15, -0.1) is 0 Å². The van der Waals surface area contributed by atoms with Crippen LogP contribution in [0.3, 0.4) is 0 Å². The average Bonchev–Trinajstić information content (AvgIpc) is 2.62. The highest BCUT2D eigenvalue weighted by molar-refractivity contribution is 5.87. The van der Waals surface area contributed by atoms with Crippen LogP contribution in [0.2, 0.25) is 0 Å². The third-order valence-corrected chi connectivity index (χ3v) is 2.81. The number of ketones is 1. The third-order valence-electron chi connectivity index (χ3n) is 2.81. The number of ether oxygens (including phenoxy) is 1. The van der Waals surface area contributed by atoms with Crippen LogP contribution in [-0.4, -0.2) is 36.0 Å². The number of hydrogen-bond donors (Lipinski definition) is 0. The average molecular weight is 183 g/mol. The highest BCUT2D eigenvalue weighted by Gasteiger charge is 2.46. The summed E-state index contributed by atoms with van der Waals surface area (Å²) in [5.74, 6) is 0.403. The monoisotopic (exact) mass is 183 g/mol. The highest BCUT2D eigenvalue weighted by atomic mass is 16.6. The first kappa shape index (κ1) is 8.53. The van der Waals surface area contributed by atoms with Gasteiger partial charge in [0.25, 0.3) is 0 Å². The number of rotatable bonds is 1. The summed E-state index contributed by atoms with van der Waals surface area (Å²) in [6.45, 7) is 2.76. The molecule has 2 atom stereocenters. The van der Waals surface area contributed by atoms with Gasteiger partial charge in [-0.05, 0) is 13.3 Å². The molecule has 1 aliphatic carbocycles. The molecule has 2 fully saturated rings. The largest absolute Gasteiger partial charge is 0.450 e.